The third-order valence-corrected chi connectivity index (χ3v) is 5.49. The summed E-state index contributed by atoms with van der Waals surface area (Å²) in [7, 11) is -0.446. The highest BCUT2D eigenvalue weighted by molar-refractivity contribution is 7.79. The number of ketones is 1. The second kappa shape index (κ2) is 9.02. The highest BCUT2D eigenvalue weighted by Gasteiger charge is 2.14. The largest absolute Gasteiger partial charge is 0.300 e. The topological polar surface area (TPSA) is 17.1 Å². The summed E-state index contributed by atoms with van der Waals surface area (Å²) in [5, 5.41) is 4.19. The molecule has 0 spiro atoms. The lowest BCUT2D eigenvalue weighted by Gasteiger charge is -2.18. The summed E-state index contributed by atoms with van der Waals surface area (Å²) in [4.78, 5) is 9.44. The van der Waals surface area contributed by atoms with Crippen molar-refractivity contribution in [2.75, 3.05) is 0 Å². The summed E-state index contributed by atoms with van der Waals surface area (Å²) in [6.07, 6.45) is 0. The minimum atomic E-state index is -0.446. The molecule has 0 aromatic heterocycles. The number of hydrogen-bond donors (Lipinski definition) is 0. The molecular weight excluding hydrogens is 299 g/mol. The lowest BCUT2D eigenvalue weighted by molar-refractivity contribution is -0.114. The second-order valence-electron chi connectivity index (χ2n) is 5.25. The molecule has 0 radical (unpaired) electrons. The van der Waals surface area contributed by atoms with Gasteiger partial charge in [0.25, 0.3) is 0 Å². The molecule has 23 heavy (non-hydrogen) atoms. The van der Waals surface area contributed by atoms with Crippen LogP contribution in [-0.4, -0.2) is 5.78 Å². The van der Waals surface area contributed by atoms with Gasteiger partial charge in [0.2, 0.25) is 0 Å². The Kier molecular flexibility index (Phi) is 6.72. The Labute approximate surface area is 139 Å². The zero-order valence-electron chi connectivity index (χ0n) is 13.5. The zero-order chi connectivity index (χ0) is 16.5. The van der Waals surface area contributed by atoms with E-state index in [1.54, 1.807) is 0 Å². The SMILES string of the molecule is CC(C)=O.c1ccc(P(c2ccccc2)c2ccccc2)cc1. The molecule has 0 bridgehead atoms. The first-order valence-corrected chi connectivity index (χ1v) is 8.95. The van der Waals surface area contributed by atoms with Gasteiger partial charge < -0.3 is 4.79 Å². The van der Waals surface area contributed by atoms with E-state index < -0.39 is 7.92 Å². The second-order valence-corrected chi connectivity index (χ2v) is 7.47. The Morgan fingerprint density at radius 1 is 0.565 bits per heavy atom. The average molecular weight is 320 g/mol. The van der Waals surface area contributed by atoms with Crippen molar-refractivity contribution in [1.29, 1.82) is 0 Å². The van der Waals surface area contributed by atoms with Crippen LogP contribution in [-0.2, 0) is 4.79 Å². The predicted molar refractivity (Wildman–Crippen MR) is 102 cm³/mol. The number of hydrogen-bond acceptors (Lipinski definition) is 1. The van der Waals surface area contributed by atoms with Crippen LogP contribution in [0.2, 0.25) is 0 Å². The van der Waals surface area contributed by atoms with Gasteiger partial charge in [0.1, 0.15) is 5.78 Å². The molecule has 0 amide bonds. The van der Waals surface area contributed by atoms with Gasteiger partial charge in [-0.25, -0.2) is 0 Å². The van der Waals surface area contributed by atoms with E-state index in [0.29, 0.717) is 0 Å². The molecule has 0 N–H and O–H groups in total. The summed E-state index contributed by atoms with van der Waals surface area (Å²) in [5.41, 5.74) is 0. The predicted octanol–water partition coefficient (Wildman–Crippen LogP) is 4.04. The van der Waals surface area contributed by atoms with Crippen LogP contribution in [0.4, 0.5) is 0 Å². The first-order chi connectivity index (χ1) is 11.2. The minimum absolute atomic E-state index is 0.167. The molecule has 1 nitrogen and oxygen atoms in total. The highest BCUT2D eigenvalue weighted by Crippen LogP contribution is 2.32. The van der Waals surface area contributed by atoms with Crippen LogP contribution in [0, 0.1) is 0 Å². The summed E-state index contributed by atoms with van der Waals surface area (Å²) >= 11 is 0. The average Bonchev–Trinajstić information content (AvgIpc) is 2.58. The van der Waals surface area contributed by atoms with Crippen molar-refractivity contribution in [1.82, 2.24) is 0 Å². The minimum Gasteiger partial charge on any atom is -0.300 e. The summed E-state index contributed by atoms with van der Waals surface area (Å²) in [5.74, 6) is 0.167. The van der Waals surface area contributed by atoms with E-state index in [4.69, 9.17) is 0 Å². The molecule has 116 valence electrons. The third kappa shape index (κ3) is 5.47. The Morgan fingerprint density at radius 2 is 0.783 bits per heavy atom. The molecule has 3 aromatic carbocycles. The van der Waals surface area contributed by atoms with Gasteiger partial charge in [0.15, 0.2) is 0 Å². The van der Waals surface area contributed by atoms with Gasteiger partial charge in [-0.1, -0.05) is 91.0 Å². The van der Waals surface area contributed by atoms with Crippen molar-refractivity contribution in [3.63, 3.8) is 0 Å². The van der Waals surface area contributed by atoms with Crippen molar-refractivity contribution in [2.45, 2.75) is 13.8 Å². The summed E-state index contributed by atoms with van der Waals surface area (Å²) < 4.78 is 0. The quantitative estimate of drug-likeness (QED) is 0.666. The zero-order valence-corrected chi connectivity index (χ0v) is 14.4. The first-order valence-electron chi connectivity index (χ1n) is 7.61. The fraction of sp³-hybridized carbons (Fsp3) is 0.0952. The molecule has 0 saturated carbocycles. The number of carbonyl (C=O) groups excluding carboxylic acids is 1. The number of carbonyl (C=O) groups is 1. The molecule has 3 rings (SSSR count). The molecule has 2 heteroatoms. The molecule has 0 unspecified atom stereocenters. The molecule has 0 aliphatic rings. The normalized spacial score (nSPS) is 9.87. The fourth-order valence-electron chi connectivity index (χ4n) is 2.18. The Bertz CT molecular complexity index is 611. The van der Waals surface area contributed by atoms with Gasteiger partial charge in [0, 0.05) is 0 Å². The van der Waals surface area contributed by atoms with E-state index in [-0.39, 0.29) is 5.78 Å². The van der Waals surface area contributed by atoms with Crippen LogP contribution in [0.5, 0.6) is 0 Å². The lowest BCUT2D eigenvalue weighted by atomic mass is 10.4. The van der Waals surface area contributed by atoms with E-state index in [0.717, 1.165) is 0 Å². The fourth-order valence-corrected chi connectivity index (χ4v) is 4.48. The Balaban J connectivity index is 0.000000433. The van der Waals surface area contributed by atoms with Gasteiger partial charge in [0.05, 0.1) is 0 Å². The van der Waals surface area contributed by atoms with Gasteiger partial charge in [-0.05, 0) is 37.7 Å². The van der Waals surface area contributed by atoms with E-state index in [1.165, 1.54) is 29.8 Å². The first kappa shape index (κ1) is 17.1. The Morgan fingerprint density at radius 3 is 1.00 bits per heavy atom. The molecular formula is C21H21OP. The molecule has 0 aliphatic heterocycles. The van der Waals surface area contributed by atoms with E-state index >= 15 is 0 Å². The van der Waals surface area contributed by atoms with Gasteiger partial charge in [-0.2, -0.15) is 0 Å². The molecule has 0 saturated heterocycles. The maximum atomic E-state index is 9.44. The number of Topliss-reactive ketones (excluding diaryl/α,β-unsaturated/α-hetero) is 1. The third-order valence-electron chi connectivity index (χ3n) is 3.04. The number of benzene rings is 3. The van der Waals surface area contributed by atoms with Crippen LogP contribution in [0.3, 0.4) is 0 Å². The van der Waals surface area contributed by atoms with Crippen LogP contribution in [0.15, 0.2) is 91.0 Å². The molecule has 0 atom stereocenters. The maximum absolute atomic E-state index is 9.44. The molecule has 0 heterocycles. The monoisotopic (exact) mass is 320 g/mol. The van der Waals surface area contributed by atoms with Crippen molar-refractivity contribution in [2.24, 2.45) is 0 Å². The van der Waals surface area contributed by atoms with E-state index in [1.807, 2.05) is 0 Å². The molecule has 0 fully saturated rings. The van der Waals surface area contributed by atoms with Crippen molar-refractivity contribution < 1.29 is 4.79 Å². The van der Waals surface area contributed by atoms with Crippen molar-refractivity contribution in [3.05, 3.63) is 91.0 Å². The van der Waals surface area contributed by atoms with Crippen molar-refractivity contribution >= 4 is 29.6 Å². The van der Waals surface area contributed by atoms with Gasteiger partial charge >= 0.3 is 0 Å². The van der Waals surface area contributed by atoms with Crippen LogP contribution in [0.25, 0.3) is 0 Å². The van der Waals surface area contributed by atoms with E-state index in [2.05, 4.69) is 91.0 Å². The van der Waals surface area contributed by atoms with Crippen LogP contribution >= 0.6 is 7.92 Å². The van der Waals surface area contributed by atoms with Crippen LogP contribution in [0.1, 0.15) is 13.8 Å². The molecule has 0 aliphatic carbocycles. The smallest absolute Gasteiger partial charge is 0.126 e. The maximum Gasteiger partial charge on any atom is 0.126 e. The molecule has 3 aromatic rings. The Hall–Kier alpha value is -2.24. The summed E-state index contributed by atoms with van der Waals surface area (Å²) in [6, 6.07) is 32.3. The van der Waals surface area contributed by atoms with Crippen LogP contribution < -0.4 is 15.9 Å². The summed E-state index contributed by atoms with van der Waals surface area (Å²) in [6.45, 7) is 3.06. The highest BCUT2D eigenvalue weighted by atomic mass is 31.1. The standard InChI is InChI=1S/C18H15P.C3H6O/c1-4-10-16(11-5-1)19(17-12-6-2-7-13-17)18-14-8-3-9-15-18;1-3(2)4/h1-15H;1-2H3. The lowest BCUT2D eigenvalue weighted by Crippen LogP contribution is -2.20. The van der Waals surface area contributed by atoms with E-state index in [9.17, 15) is 4.79 Å². The van der Waals surface area contributed by atoms with Crippen molar-refractivity contribution in [3.8, 4) is 0 Å². The van der Waals surface area contributed by atoms with Gasteiger partial charge in [-0.15, -0.1) is 0 Å². The van der Waals surface area contributed by atoms with Gasteiger partial charge in [-0.3, -0.25) is 0 Å². The number of rotatable bonds is 3.